The molecule has 0 radical (unpaired) electrons. The number of aromatic nitrogens is 1. The van der Waals surface area contributed by atoms with E-state index >= 15 is 0 Å². The van der Waals surface area contributed by atoms with Gasteiger partial charge in [0.05, 0.1) is 0 Å². The molecule has 172 valence electrons. The van der Waals surface area contributed by atoms with E-state index in [-0.39, 0.29) is 18.4 Å². The third-order valence-corrected chi connectivity index (χ3v) is 4.95. The zero-order chi connectivity index (χ0) is 23.8. The van der Waals surface area contributed by atoms with Crippen molar-refractivity contribution >= 4 is 17.6 Å². The van der Waals surface area contributed by atoms with Gasteiger partial charge in [0.2, 0.25) is 0 Å². The Balaban J connectivity index is 1.50. The van der Waals surface area contributed by atoms with E-state index in [9.17, 15) is 9.59 Å². The fraction of sp³-hybridized carbons (Fsp3) is 0.269. The summed E-state index contributed by atoms with van der Waals surface area (Å²) in [6, 6.07) is 18.5. The molecule has 2 aromatic carbocycles. The molecule has 3 rings (SSSR count). The first-order chi connectivity index (χ1) is 15.8. The largest absolute Gasteiger partial charge is 0.481 e. The number of nitrogens with one attached hydrogen (secondary N) is 2. The highest BCUT2D eigenvalue weighted by Crippen LogP contribution is 2.15. The maximum Gasteiger partial charge on any atom is 0.266 e. The molecular formula is C26H29N3O4. The molecule has 0 aliphatic rings. The van der Waals surface area contributed by atoms with Crippen molar-refractivity contribution in [3.05, 3.63) is 83.6 Å². The summed E-state index contributed by atoms with van der Waals surface area (Å²) < 4.78 is 11.4. The predicted octanol–water partition coefficient (Wildman–Crippen LogP) is 4.19. The number of carbonyl (C=O) groups excluding carboxylic acids is 2. The lowest BCUT2D eigenvalue weighted by molar-refractivity contribution is -0.127. The van der Waals surface area contributed by atoms with Crippen LogP contribution >= 0.6 is 0 Å². The van der Waals surface area contributed by atoms with Gasteiger partial charge in [0.15, 0.2) is 12.2 Å². The number of benzene rings is 2. The molecule has 1 aromatic heterocycles. The smallest absolute Gasteiger partial charge is 0.266 e. The normalized spacial score (nSPS) is 12.4. The van der Waals surface area contributed by atoms with E-state index in [4.69, 9.17) is 9.47 Å². The minimum Gasteiger partial charge on any atom is -0.481 e. The van der Waals surface area contributed by atoms with Crippen LogP contribution in [0.5, 0.6) is 11.5 Å². The van der Waals surface area contributed by atoms with Gasteiger partial charge in [-0.1, -0.05) is 35.4 Å². The van der Waals surface area contributed by atoms with E-state index in [1.165, 1.54) is 0 Å². The minimum absolute atomic E-state index is 0.238. The lowest BCUT2D eigenvalue weighted by Crippen LogP contribution is -2.36. The molecule has 0 bridgehead atoms. The molecule has 0 spiro atoms. The highest BCUT2D eigenvalue weighted by atomic mass is 16.5. The first-order valence-electron chi connectivity index (χ1n) is 10.8. The van der Waals surface area contributed by atoms with Crippen LogP contribution in [0.2, 0.25) is 0 Å². The lowest BCUT2D eigenvalue weighted by Gasteiger charge is -2.16. The van der Waals surface area contributed by atoms with Gasteiger partial charge in [-0.2, -0.15) is 0 Å². The molecule has 0 saturated heterocycles. The average molecular weight is 448 g/mol. The fourth-order valence-corrected chi connectivity index (χ4v) is 2.96. The molecule has 33 heavy (non-hydrogen) atoms. The van der Waals surface area contributed by atoms with E-state index in [0.29, 0.717) is 17.3 Å². The number of hydrogen-bond donors (Lipinski definition) is 2. The second-order valence-corrected chi connectivity index (χ2v) is 7.90. The summed E-state index contributed by atoms with van der Waals surface area (Å²) in [7, 11) is 0. The van der Waals surface area contributed by atoms with E-state index < -0.39 is 12.2 Å². The fourth-order valence-electron chi connectivity index (χ4n) is 2.96. The highest BCUT2D eigenvalue weighted by molar-refractivity contribution is 5.93. The SMILES string of the molecule is Cc1ccc(O[C@@H](C)C(=O)Nc2cc(CNC(=O)[C@@H](C)Oc3ccc(C)cc3)ccn2)cc1. The minimum atomic E-state index is -0.697. The van der Waals surface area contributed by atoms with Crippen molar-refractivity contribution in [1.29, 1.82) is 0 Å². The molecule has 2 N–H and O–H groups in total. The predicted molar refractivity (Wildman–Crippen MR) is 127 cm³/mol. The van der Waals surface area contributed by atoms with Crippen LogP contribution in [0.15, 0.2) is 66.9 Å². The van der Waals surface area contributed by atoms with Gasteiger partial charge in [-0.25, -0.2) is 4.98 Å². The van der Waals surface area contributed by atoms with Gasteiger partial charge in [0.1, 0.15) is 17.3 Å². The topological polar surface area (TPSA) is 89.6 Å². The third kappa shape index (κ3) is 7.35. The van der Waals surface area contributed by atoms with Gasteiger partial charge in [-0.05, 0) is 69.7 Å². The van der Waals surface area contributed by atoms with Crippen LogP contribution in [0.1, 0.15) is 30.5 Å². The Morgan fingerprint density at radius 1 is 0.818 bits per heavy atom. The Morgan fingerprint density at radius 3 is 1.88 bits per heavy atom. The number of ether oxygens (including phenoxy) is 2. The summed E-state index contributed by atoms with van der Waals surface area (Å²) in [5.41, 5.74) is 3.03. The van der Waals surface area contributed by atoms with Crippen LogP contribution in [-0.4, -0.2) is 29.0 Å². The summed E-state index contributed by atoms with van der Waals surface area (Å²) in [6.07, 6.45) is 0.237. The maximum absolute atomic E-state index is 12.5. The zero-order valence-corrected chi connectivity index (χ0v) is 19.3. The molecule has 2 atom stereocenters. The van der Waals surface area contributed by atoms with Gasteiger partial charge in [0.25, 0.3) is 11.8 Å². The van der Waals surface area contributed by atoms with Gasteiger partial charge < -0.3 is 20.1 Å². The summed E-state index contributed by atoms with van der Waals surface area (Å²) in [6.45, 7) is 7.63. The van der Waals surface area contributed by atoms with Crippen molar-refractivity contribution in [3.8, 4) is 11.5 Å². The van der Waals surface area contributed by atoms with Crippen LogP contribution in [0, 0.1) is 13.8 Å². The van der Waals surface area contributed by atoms with Crippen LogP contribution in [0.3, 0.4) is 0 Å². The number of aryl methyl sites for hydroxylation is 2. The molecule has 1 heterocycles. The van der Waals surface area contributed by atoms with Gasteiger partial charge in [0, 0.05) is 12.7 Å². The number of carbonyl (C=O) groups is 2. The van der Waals surface area contributed by atoms with E-state index in [1.807, 2.05) is 62.4 Å². The van der Waals surface area contributed by atoms with Crippen molar-refractivity contribution in [2.45, 2.75) is 46.4 Å². The first-order valence-corrected chi connectivity index (χ1v) is 10.8. The van der Waals surface area contributed by atoms with Crippen LogP contribution in [-0.2, 0) is 16.1 Å². The Bertz CT molecular complexity index is 1080. The quantitative estimate of drug-likeness (QED) is 0.513. The molecule has 0 aliphatic carbocycles. The summed E-state index contributed by atoms with van der Waals surface area (Å²) in [5, 5.41) is 5.59. The second kappa shape index (κ2) is 11.1. The Morgan fingerprint density at radius 2 is 1.33 bits per heavy atom. The van der Waals surface area contributed by atoms with Crippen molar-refractivity contribution in [2.75, 3.05) is 5.32 Å². The number of hydrogen-bond acceptors (Lipinski definition) is 5. The van der Waals surface area contributed by atoms with E-state index in [0.717, 1.165) is 16.7 Å². The van der Waals surface area contributed by atoms with Crippen molar-refractivity contribution in [1.82, 2.24) is 10.3 Å². The van der Waals surface area contributed by atoms with Crippen LogP contribution in [0.25, 0.3) is 0 Å². The van der Waals surface area contributed by atoms with E-state index in [1.54, 1.807) is 32.2 Å². The number of anilines is 1. The maximum atomic E-state index is 12.5. The molecule has 0 saturated carbocycles. The molecule has 7 nitrogen and oxygen atoms in total. The Kier molecular flexibility index (Phi) is 8.02. The van der Waals surface area contributed by atoms with E-state index in [2.05, 4.69) is 15.6 Å². The van der Waals surface area contributed by atoms with Crippen LogP contribution < -0.4 is 20.1 Å². The average Bonchev–Trinajstić information content (AvgIpc) is 2.80. The summed E-state index contributed by atoms with van der Waals surface area (Å²) in [4.78, 5) is 29.1. The summed E-state index contributed by atoms with van der Waals surface area (Å²) >= 11 is 0. The monoisotopic (exact) mass is 447 g/mol. The molecule has 3 aromatic rings. The van der Waals surface area contributed by atoms with Crippen molar-refractivity contribution < 1.29 is 19.1 Å². The Labute approximate surface area is 194 Å². The second-order valence-electron chi connectivity index (χ2n) is 7.90. The molecule has 0 aliphatic heterocycles. The number of pyridine rings is 1. The number of rotatable bonds is 9. The van der Waals surface area contributed by atoms with Gasteiger partial charge >= 0.3 is 0 Å². The molecule has 0 unspecified atom stereocenters. The lowest BCUT2D eigenvalue weighted by atomic mass is 10.2. The standard InChI is InChI=1S/C26H29N3O4/c1-17-5-9-22(10-6-17)32-19(3)25(30)28-16-21-13-14-27-24(15-21)29-26(31)20(4)33-23-11-7-18(2)8-12-23/h5-15,19-20H,16H2,1-4H3,(H,28,30)(H,27,29,31)/t19-,20+/m1/s1. The van der Waals surface area contributed by atoms with Crippen molar-refractivity contribution in [2.24, 2.45) is 0 Å². The van der Waals surface area contributed by atoms with Crippen molar-refractivity contribution in [3.63, 3.8) is 0 Å². The van der Waals surface area contributed by atoms with Gasteiger partial charge in [-0.15, -0.1) is 0 Å². The Hall–Kier alpha value is -3.87. The number of amides is 2. The van der Waals surface area contributed by atoms with Crippen LogP contribution in [0.4, 0.5) is 5.82 Å². The van der Waals surface area contributed by atoms with Gasteiger partial charge in [-0.3, -0.25) is 9.59 Å². The molecular weight excluding hydrogens is 418 g/mol. The number of nitrogens with zero attached hydrogens (tertiary/aromatic N) is 1. The molecule has 0 fully saturated rings. The zero-order valence-electron chi connectivity index (χ0n) is 19.3. The molecule has 7 heteroatoms. The third-order valence-electron chi connectivity index (χ3n) is 4.95. The highest BCUT2D eigenvalue weighted by Gasteiger charge is 2.17. The molecule has 2 amide bonds. The summed E-state index contributed by atoms with van der Waals surface area (Å²) in [5.74, 6) is 1.09. The first kappa shape index (κ1) is 23.8.